The molecular formula is C16H11ClN2O4. The van der Waals surface area contributed by atoms with E-state index in [2.05, 4.69) is 5.32 Å². The predicted molar refractivity (Wildman–Crippen MR) is 83.9 cm³/mol. The summed E-state index contributed by atoms with van der Waals surface area (Å²) in [6, 6.07) is 8.66. The number of aryl methyl sites for hydroxylation is 1. The van der Waals surface area contributed by atoms with Crippen molar-refractivity contribution in [2.24, 2.45) is 0 Å². The summed E-state index contributed by atoms with van der Waals surface area (Å²) >= 11 is 5.80. The number of hydrogen-bond donors (Lipinski definition) is 1. The van der Waals surface area contributed by atoms with Gasteiger partial charge in [-0.3, -0.25) is 14.9 Å². The number of amides is 4. The lowest BCUT2D eigenvalue weighted by Crippen LogP contribution is -2.54. The number of carbonyl (C=O) groups is 3. The van der Waals surface area contributed by atoms with Crippen LogP contribution in [0.4, 0.5) is 10.5 Å². The molecule has 7 heteroatoms. The van der Waals surface area contributed by atoms with Crippen LogP contribution in [-0.4, -0.2) is 17.8 Å². The van der Waals surface area contributed by atoms with Crippen LogP contribution in [0.1, 0.15) is 11.5 Å². The quantitative estimate of drug-likeness (QED) is 0.678. The Morgan fingerprint density at radius 2 is 1.78 bits per heavy atom. The highest BCUT2D eigenvalue weighted by molar-refractivity contribution is 6.39. The van der Waals surface area contributed by atoms with Gasteiger partial charge in [-0.2, -0.15) is 0 Å². The lowest BCUT2D eigenvalue weighted by molar-refractivity contribution is -0.122. The first-order valence-corrected chi connectivity index (χ1v) is 7.07. The largest absolute Gasteiger partial charge is 0.462 e. The Bertz CT molecular complexity index is 836. The Kier molecular flexibility index (Phi) is 3.75. The monoisotopic (exact) mass is 330 g/mol. The Morgan fingerprint density at radius 1 is 1.09 bits per heavy atom. The van der Waals surface area contributed by atoms with Gasteiger partial charge >= 0.3 is 6.03 Å². The van der Waals surface area contributed by atoms with E-state index in [9.17, 15) is 14.4 Å². The summed E-state index contributed by atoms with van der Waals surface area (Å²) < 4.78 is 5.34. The van der Waals surface area contributed by atoms with Crippen molar-refractivity contribution >= 4 is 41.2 Å². The van der Waals surface area contributed by atoms with Gasteiger partial charge in [-0.15, -0.1) is 0 Å². The van der Waals surface area contributed by atoms with Gasteiger partial charge in [0.15, 0.2) is 0 Å². The average Bonchev–Trinajstić information content (AvgIpc) is 2.91. The summed E-state index contributed by atoms with van der Waals surface area (Å²) in [6.07, 6.45) is 1.31. The van der Waals surface area contributed by atoms with E-state index in [0.717, 1.165) is 4.90 Å². The third-order valence-corrected chi connectivity index (χ3v) is 3.49. The molecule has 0 aliphatic carbocycles. The minimum atomic E-state index is -0.810. The number of furan rings is 1. The van der Waals surface area contributed by atoms with E-state index >= 15 is 0 Å². The Labute approximate surface area is 136 Å². The van der Waals surface area contributed by atoms with Gasteiger partial charge in [0.1, 0.15) is 17.1 Å². The van der Waals surface area contributed by atoms with Crippen LogP contribution < -0.4 is 10.2 Å². The fraction of sp³-hybridized carbons (Fsp3) is 0.0625. The van der Waals surface area contributed by atoms with Crippen molar-refractivity contribution in [3.8, 4) is 0 Å². The van der Waals surface area contributed by atoms with E-state index in [4.69, 9.17) is 16.0 Å². The highest BCUT2D eigenvalue weighted by atomic mass is 35.5. The zero-order valence-corrected chi connectivity index (χ0v) is 12.8. The zero-order chi connectivity index (χ0) is 16.6. The van der Waals surface area contributed by atoms with Gasteiger partial charge in [-0.25, -0.2) is 9.69 Å². The zero-order valence-electron chi connectivity index (χ0n) is 12.0. The summed E-state index contributed by atoms with van der Waals surface area (Å²) in [5.74, 6) is -0.494. The van der Waals surface area contributed by atoms with Crippen molar-refractivity contribution in [1.29, 1.82) is 0 Å². The van der Waals surface area contributed by atoms with Gasteiger partial charge in [-0.1, -0.05) is 11.6 Å². The molecule has 0 bridgehead atoms. The van der Waals surface area contributed by atoms with Crippen LogP contribution >= 0.6 is 11.6 Å². The molecule has 1 fully saturated rings. The van der Waals surface area contributed by atoms with Crippen LogP contribution in [0.15, 0.2) is 46.4 Å². The van der Waals surface area contributed by atoms with Gasteiger partial charge in [0, 0.05) is 5.02 Å². The molecule has 0 saturated carbocycles. The van der Waals surface area contributed by atoms with Crippen LogP contribution in [0.3, 0.4) is 0 Å². The van der Waals surface area contributed by atoms with Crippen LogP contribution in [0.25, 0.3) is 6.08 Å². The number of hydrogen-bond acceptors (Lipinski definition) is 4. The Balaban J connectivity index is 2.00. The van der Waals surface area contributed by atoms with Crippen molar-refractivity contribution < 1.29 is 18.8 Å². The summed E-state index contributed by atoms with van der Waals surface area (Å²) in [6.45, 7) is 1.74. The average molecular weight is 331 g/mol. The molecule has 2 aromatic rings. The highest BCUT2D eigenvalue weighted by Gasteiger charge is 2.36. The molecule has 0 radical (unpaired) electrons. The van der Waals surface area contributed by atoms with E-state index in [0.29, 0.717) is 22.2 Å². The fourth-order valence-corrected chi connectivity index (χ4v) is 2.28. The number of benzene rings is 1. The molecule has 1 aromatic heterocycles. The van der Waals surface area contributed by atoms with E-state index in [-0.39, 0.29) is 5.57 Å². The maximum atomic E-state index is 12.5. The third-order valence-electron chi connectivity index (χ3n) is 3.23. The lowest BCUT2D eigenvalue weighted by Gasteiger charge is -2.26. The van der Waals surface area contributed by atoms with Gasteiger partial charge < -0.3 is 4.42 Å². The Hall–Kier alpha value is -2.86. The number of carbonyl (C=O) groups excluding carboxylic acids is 3. The molecule has 0 atom stereocenters. The normalized spacial score (nSPS) is 16.9. The first kappa shape index (κ1) is 15.1. The first-order valence-electron chi connectivity index (χ1n) is 6.69. The molecule has 0 spiro atoms. The van der Waals surface area contributed by atoms with Crippen LogP contribution in [-0.2, 0) is 9.59 Å². The van der Waals surface area contributed by atoms with Crippen molar-refractivity contribution in [3.63, 3.8) is 0 Å². The SMILES string of the molecule is Cc1ccc(/C=C2\C(=O)NC(=O)N(c3ccc(Cl)cc3)C2=O)o1. The van der Waals surface area contributed by atoms with Gasteiger partial charge in [0.05, 0.1) is 5.69 Å². The lowest BCUT2D eigenvalue weighted by atomic mass is 10.1. The van der Waals surface area contributed by atoms with Crippen LogP contribution in [0, 0.1) is 6.92 Å². The van der Waals surface area contributed by atoms with Crippen molar-refractivity contribution in [2.45, 2.75) is 6.92 Å². The van der Waals surface area contributed by atoms with Crippen molar-refractivity contribution in [2.75, 3.05) is 4.90 Å². The standard InChI is InChI=1S/C16H11ClN2O4/c1-9-2-7-12(23-9)8-13-14(20)18-16(22)19(15(13)21)11-5-3-10(17)4-6-11/h2-8H,1H3,(H,18,20,22)/b13-8+. The molecule has 4 amide bonds. The topological polar surface area (TPSA) is 79.6 Å². The van der Waals surface area contributed by atoms with Crippen LogP contribution in [0.2, 0.25) is 5.02 Å². The number of rotatable bonds is 2. The number of nitrogens with one attached hydrogen (secondary N) is 1. The third kappa shape index (κ3) is 2.89. The number of anilines is 1. The molecular weight excluding hydrogens is 320 g/mol. The smallest absolute Gasteiger partial charge is 0.335 e. The van der Waals surface area contributed by atoms with E-state index in [1.165, 1.54) is 18.2 Å². The number of imide groups is 2. The molecule has 116 valence electrons. The minimum absolute atomic E-state index is 0.186. The highest BCUT2D eigenvalue weighted by Crippen LogP contribution is 2.23. The second kappa shape index (κ2) is 5.73. The molecule has 1 N–H and O–H groups in total. The van der Waals surface area contributed by atoms with E-state index < -0.39 is 17.8 Å². The van der Waals surface area contributed by atoms with Crippen molar-refractivity contribution in [3.05, 3.63) is 58.5 Å². The summed E-state index contributed by atoms with van der Waals surface area (Å²) in [5, 5.41) is 2.60. The second-order valence-electron chi connectivity index (χ2n) is 4.88. The van der Waals surface area contributed by atoms with E-state index in [1.54, 1.807) is 31.2 Å². The summed E-state index contributed by atoms with van der Waals surface area (Å²) in [7, 11) is 0. The van der Waals surface area contributed by atoms with Crippen LogP contribution in [0.5, 0.6) is 0 Å². The number of urea groups is 1. The number of barbiturate groups is 1. The molecule has 23 heavy (non-hydrogen) atoms. The summed E-state index contributed by atoms with van der Waals surface area (Å²) in [5.41, 5.74) is 0.125. The molecule has 0 unspecified atom stereocenters. The molecule has 1 aliphatic rings. The van der Waals surface area contributed by atoms with Gasteiger partial charge in [0.2, 0.25) is 0 Å². The van der Waals surface area contributed by atoms with E-state index in [1.807, 2.05) is 0 Å². The second-order valence-corrected chi connectivity index (χ2v) is 5.32. The minimum Gasteiger partial charge on any atom is -0.462 e. The molecule has 1 aliphatic heterocycles. The first-order chi connectivity index (χ1) is 11.0. The maximum absolute atomic E-state index is 12.5. The fourth-order valence-electron chi connectivity index (χ4n) is 2.16. The number of halogens is 1. The molecule has 3 rings (SSSR count). The van der Waals surface area contributed by atoms with Gasteiger partial charge in [0.25, 0.3) is 11.8 Å². The van der Waals surface area contributed by atoms with Gasteiger partial charge in [-0.05, 0) is 49.4 Å². The molecule has 2 heterocycles. The number of nitrogens with zero attached hydrogens (tertiary/aromatic N) is 1. The molecule has 1 saturated heterocycles. The predicted octanol–water partition coefficient (Wildman–Crippen LogP) is 2.91. The molecule has 6 nitrogen and oxygen atoms in total. The Morgan fingerprint density at radius 3 is 2.39 bits per heavy atom. The maximum Gasteiger partial charge on any atom is 0.335 e. The van der Waals surface area contributed by atoms with Crippen molar-refractivity contribution in [1.82, 2.24) is 5.32 Å². The summed E-state index contributed by atoms with van der Waals surface area (Å²) in [4.78, 5) is 37.4. The molecule has 1 aromatic carbocycles.